The Morgan fingerprint density at radius 3 is 2.87 bits per heavy atom. The van der Waals surface area contributed by atoms with Crippen molar-refractivity contribution in [2.24, 2.45) is 5.73 Å². The third kappa shape index (κ3) is 3.52. The summed E-state index contributed by atoms with van der Waals surface area (Å²) in [6, 6.07) is 9.29. The lowest BCUT2D eigenvalue weighted by Gasteiger charge is -2.27. The van der Waals surface area contributed by atoms with Crippen molar-refractivity contribution in [2.45, 2.75) is 12.8 Å². The van der Waals surface area contributed by atoms with Gasteiger partial charge in [-0.25, -0.2) is 4.79 Å². The Hall–Kier alpha value is -1.97. The summed E-state index contributed by atoms with van der Waals surface area (Å²) in [6.07, 6.45) is 0. The second-order valence-electron chi connectivity index (χ2n) is 4.67. The minimum atomic E-state index is -0.681. The Labute approximate surface area is 147 Å². The lowest BCUT2D eigenvalue weighted by Crippen LogP contribution is -2.26. The van der Waals surface area contributed by atoms with Gasteiger partial charge in [0.15, 0.2) is 0 Å². The van der Waals surface area contributed by atoms with Crippen LogP contribution in [-0.4, -0.2) is 18.5 Å². The maximum Gasteiger partial charge on any atom is 0.338 e. The third-order valence-electron chi connectivity index (χ3n) is 3.30. The SMILES string of the molecule is CCOC(=O)C1=C(CCl)OC(N)=C(C#N)[C@H]1c1cccc(Br)c1. The van der Waals surface area contributed by atoms with Gasteiger partial charge in [-0.3, -0.25) is 0 Å². The number of hydrogen-bond donors (Lipinski definition) is 1. The summed E-state index contributed by atoms with van der Waals surface area (Å²) >= 11 is 9.28. The normalized spacial score (nSPS) is 17.6. The van der Waals surface area contributed by atoms with Crippen molar-refractivity contribution in [3.63, 3.8) is 0 Å². The fourth-order valence-corrected chi connectivity index (χ4v) is 2.98. The van der Waals surface area contributed by atoms with Gasteiger partial charge in [-0.05, 0) is 24.6 Å². The molecule has 5 nitrogen and oxygen atoms in total. The molecule has 0 saturated carbocycles. The van der Waals surface area contributed by atoms with E-state index >= 15 is 0 Å². The monoisotopic (exact) mass is 396 g/mol. The summed E-state index contributed by atoms with van der Waals surface area (Å²) in [5.74, 6) is -1.17. The Morgan fingerprint density at radius 2 is 2.30 bits per heavy atom. The first-order valence-electron chi connectivity index (χ1n) is 6.82. The zero-order valence-electron chi connectivity index (χ0n) is 12.3. The molecule has 1 aromatic carbocycles. The molecule has 0 fully saturated rings. The van der Waals surface area contributed by atoms with Gasteiger partial charge in [0.05, 0.1) is 24.0 Å². The molecular formula is C16H14BrClN2O3. The summed E-state index contributed by atoms with van der Waals surface area (Å²) in [5, 5.41) is 9.46. The van der Waals surface area contributed by atoms with Crippen LogP contribution >= 0.6 is 27.5 Å². The lowest BCUT2D eigenvalue weighted by molar-refractivity contribution is -0.139. The molecule has 0 saturated heterocycles. The molecule has 1 atom stereocenters. The molecule has 0 spiro atoms. The molecule has 1 heterocycles. The highest BCUT2D eigenvalue weighted by Crippen LogP contribution is 2.40. The summed E-state index contributed by atoms with van der Waals surface area (Å²) in [6.45, 7) is 1.90. The van der Waals surface area contributed by atoms with Crippen LogP contribution in [-0.2, 0) is 14.3 Å². The summed E-state index contributed by atoms with van der Waals surface area (Å²) < 4.78 is 11.3. The number of nitrogens with zero attached hydrogens (tertiary/aromatic N) is 1. The molecule has 2 N–H and O–H groups in total. The number of rotatable bonds is 4. The number of carbonyl (C=O) groups is 1. The molecular weight excluding hydrogens is 384 g/mol. The predicted octanol–water partition coefficient (Wildman–Crippen LogP) is 3.31. The number of benzene rings is 1. The predicted molar refractivity (Wildman–Crippen MR) is 89.2 cm³/mol. The fraction of sp³-hybridized carbons (Fsp3) is 0.250. The van der Waals surface area contributed by atoms with Crippen molar-refractivity contribution in [3.8, 4) is 6.07 Å². The van der Waals surface area contributed by atoms with Crippen LogP contribution in [0.5, 0.6) is 0 Å². The van der Waals surface area contributed by atoms with E-state index in [2.05, 4.69) is 15.9 Å². The number of carbonyl (C=O) groups excluding carboxylic acids is 1. The van der Waals surface area contributed by atoms with E-state index < -0.39 is 11.9 Å². The average Bonchev–Trinajstić information content (AvgIpc) is 2.53. The molecule has 0 aromatic heterocycles. The van der Waals surface area contributed by atoms with Gasteiger partial charge in [-0.2, -0.15) is 5.26 Å². The van der Waals surface area contributed by atoms with Crippen molar-refractivity contribution in [2.75, 3.05) is 12.5 Å². The molecule has 0 unspecified atom stereocenters. The number of halogens is 2. The summed E-state index contributed by atoms with van der Waals surface area (Å²) in [7, 11) is 0. The quantitative estimate of drug-likeness (QED) is 0.622. The summed E-state index contributed by atoms with van der Waals surface area (Å²) in [5.41, 5.74) is 6.90. The molecule has 2 rings (SSSR count). The molecule has 120 valence electrons. The van der Waals surface area contributed by atoms with Gasteiger partial charge in [0.25, 0.3) is 0 Å². The third-order valence-corrected chi connectivity index (χ3v) is 4.03. The summed E-state index contributed by atoms with van der Waals surface area (Å²) in [4.78, 5) is 12.4. The highest BCUT2D eigenvalue weighted by Gasteiger charge is 2.37. The van der Waals surface area contributed by atoms with E-state index in [0.717, 1.165) is 4.47 Å². The number of allylic oxidation sites excluding steroid dienone is 2. The van der Waals surface area contributed by atoms with Crippen molar-refractivity contribution in [3.05, 3.63) is 57.1 Å². The van der Waals surface area contributed by atoms with E-state index in [9.17, 15) is 10.1 Å². The van der Waals surface area contributed by atoms with Crippen LogP contribution < -0.4 is 5.73 Å². The molecule has 0 amide bonds. The Kier molecular flexibility index (Phi) is 5.69. The van der Waals surface area contributed by atoms with Crippen molar-refractivity contribution < 1.29 is 14.3 Å². The molecule has 7 heteroatoms. The lowest BCUT2D eigenvalue weighted by atomic mass is 9.83. The average molecular weight is 398 g/mol. The van der Waals surface area contributed by atoms with Crippen molar-refractivity contribution in [1.29, 1.82) is 5.26 Å². The van der Waals surface area contributed by atoms with Crippen LogP contribution in [0.3, 0.4) is 0 Å². The van der Waals surface area contributed by atoms with Gasteiger partial charge in [0.1, 0.15) is 17.4 Å². The second-order valence-corrected chi connectivity index (χ2v) is 5.85. The van der Waals surface area contributed by atoms with Crippen LogP contribution in [0.4, 0.5) is 0 Å². The molecule has 0 radical (unpaired) electrons. The van der Waals surface area contributed by atoms with E-state index in [1.165, 1.54) is 0 Å². The topological polar surface area (TPSA) is 85.3 Å². The second kappa shape index (κ2) is 7.53. The van der Waals surface area contributed by atoms with E-state index in [4.69, 9.17) is 26.8 Å². The van der Waals surface area contributed by atoms with Gasteiger partial charge in [0.2, 0.25) is 5.88 Å². The first kappa shape index (κ1) is 17.4. The Bertz CT molecular complexity index is 737. The Balaban J connectivity index is 2.66. The first-order valence-corrected chi connectivity index (χ1v) is 8.15. The smallest absolute Gasteiger partial charge is 0.338 e. The fourth-order valence-electron chi connectivity index (χ4n) is 2.37. The van der Waals surface area contributed by atoms with Crippen LogP contribution in [0.25, 0.3) is 0 Å². The van der Waals surface area contributed by atoms with Crippen molar-refractivity contribution >= 4 is 33.5 Å². The van der Waals surface area contributed by atoms with Crippen LogP contribution in [0.1, 0.15) is 18.4 Å². The molecule has 0 bridgehead atoms. The number of nitrogens with two attached hydrogens (primary N) is 1. The molecule has 23 heavy (non-hydrogen) atoms. The van der Waals surface area contributed by atoms with Gasteiger partial charge < -0.3 is 15.2 Å². The van der Waals surface area contributed by atoms with Gasteiger partial charge >= 0.3 is 5.97 Å². The number of esters is 1. The first-order chi connectivity index (χ1) is 11.0. The highest BCUT2D eigenvalue weighted by atomic mass is 79.9. The largest absolute Gasteiger partial charge is 0.463 e. The van der Waals surface area contributed by atoms with E-state index in [1.54, 1.807) is 13.0 Å². The Morgan fingerprint density at radius 1 is 1.57 bits per heavy atom. The van der Waals surface area contributed by atoms with Gasteiger partial charge in [0, 0.05) is 4.47 Å². The molecule has 1 aliphatic rings. The van der Waals surface area contributed by atoms with E-state index in [0.29, 0.717) is 5.56 Å². The zero-order chi connectivity index (χ0) is 17.0. The number of ether oxygens (including phenoxy) is 2. The van der Waals surface area contributed by atoms with E-state index in [1.807, 2.05) is 24.3 Å². The molecule has 0 aliphatic carbocycles. The van der Waals surface area contributed by atoms with Crippen LogP contribution in [0.15, 0.2) is 51.5 Å². The maximum absolute atomic E-state index is 12.4. The standard InChI is InChI=1S/C16H14BrClN2O3/c1-2-22-16(21)14-12(7-18)23-15(20)11(8-19)13(14)9-4-3-5-10(17)6-9/h3-6,13H,2,7,20H2,1H3/t13-/m1/s1. The maximum atomic E-state index is 12.4. The minimum Gasteiger partial charge on any atom is -0.463 e. The molecule has 1 aromatic rings. The van der Waals surface area contributed by atoms with Gasteiger partial charge in [-0.1, -0.05) is 28.1 Å². The van der Waals surface area contributed by atoms with Gasteiger partial charge in [-0.15, -0.1) is 11.6 Å². The minimum absolute atomic E-state index is 0.0545. The number of nitriles is 1. The van der Waals surface area contributed by atoms with Crippen molar-refractivity contribution in [1.82, 2.24) is 0 Å². The van der Waals surface area contributed by atoms with E-state index in [-0.39, 0.29) is 35.3 Å². The number of alkyl halides is 1. The number of hydrogen-bond acceptors (Lipinski definition) is 5. The van der Waals surface area contributed by atoms with Crippen LogP contribution in [0, 0.1) is 11.3 Å². The zero-order valence-corrected chi connectivity index (χ0v) is 14.6. The highest BCUT2D eigenvalue weighted by molar-refractivity contribution is 9.10. The van der Waals surface area contributed by atoms with Crippen LogP contribution in [0.2, 0.25) is 0 Å². The molecule has 1 aliphatic heterocycles.